The topological polar surface area (TPSA) is 73.0 Å². The predicted octanol–water partition coefficient (Wildman–Crippen LogP) is 4.24. The predicted molar refractivity (Wildman–Crippen MR) is 96.5 cm³/mol. The Bertz CT molecular complexity index is 775. The van der Waals surface area contributed by atoms with E-state index in [4.69, 9.17) is 5.73 Å². The Morgan fingerprint density at radius 1 is 1.16 bits per heavy atom. The van der Waals surface area contributed by atoms with Gasteiger partial charge in [-0.1, -0.05) is 12.1 Å². The zero-order valence-electron chi connectivity index (χ0n) is 13.8. The van der Waals surface area contributed by atoms with Gasteiger partial charge >= 0.3 is 0 Å². The van der Waals surface area contributed by atoms with E-state index in [1.54, 1.807) is 6.07 Å². The van der Waals surface area contributed by atoms with Gasteiger partial charge in [-0.15, -0.1) is 0 Å². The van der Waals surface area contributed by atoms with Crippen molar-refractivity contribution in [2.75, 3.05) is 10.8 Å². The minimum Gasteiger partial charge on any atom is -0.330 e. The Morgan fingerprint density at radius 2 is 1.88 bits per heavy atom. The molecule has 0 amide bonds. The van der Waals surface area contributed by atoms with Crippen molar-refractivity contribution in [1.29, 1.82) is 0 Å². The van der Waals surface area contributed by atoms with Crippen molar-refractivity contribution < 1.29 is 17.9 Å². The first-order valence-corrected chi connectivity index (χ1v) is 9.40. The Hall–Kier alpha value is -1.71. The molecule has 5 nitrogen and oxygen atoms in total. The van der Waals surface area contributed by atoms with E-state index >= 15 is 0 Å². The van der Waals surface area contributed by atoms with E-state index in [1.807, 2.05) is 6.92 Å². The van der Waals surface area contributed by atoms with Crippen LogP contribution in [0.4, 0.5) is 20.2 Å². The lowest BCUT2D eigenvalue weighted by atomic mass is 10.1. The molecule has 0 spiro atoms. The molecule has 0 saturated carbocycles. The largest absolute Gasteiger partial charge is 0.330 e. The van der Waals surface area contributed by atoms with E-state index in [9.17, 15) is 17.9 Å². The van der Waals surface area contributed by atoms with Crippen LogP contribution in [-0.4, -0.2) is 26.0 Å². The van der Waals surface area contributed by atoms with Crippen molar-refractivity contribution in [1.82, 2.24) is 4.31 Å². The first kappa shape index (κ1) is 18.1. The Morgan fingerprint density at radius 3 is 2.56 bits per heavy atom. The highest BCUT2D eigenvalue weighted by molar-refractivity contribution is 8.23. The number of benzene rings is 2. The molecule has 3 rings (SSSR count). The minimum atomic E-state index is -3.54. The summed E-state index contributed by atoms with van der Waals surface area (Å²) in [5, 5.41) is 0. The molecule has 0 saturated heterocycles. The maximum Gasteiger partial charge on any atom is 0.148 e. The van der Waals surface area contributed by atoms with Crippen LogP contribution < -0.4 is 10.0 Å². The second-order valence-corrected chi connectivity index (χ2v) is 7.82. The van der Waals surface area contributed by atoms with Crippen LogP contribution in [0.25, 0.3) is 0 Å². The molecule has 8 heteroatoms. The molecule has 0 fully saturated rings. The maximum atomic E-state index is 14.4. The summed E-state index contributed by atoms with van der Waals surface area (Å²) in [5.74, 6) is -1.02. The molecule has 1 heterocycles. The number of anilines is 2. The molecule has 136 valence electrons. The van der Waals surface area contributed by atoms with Crippen LogP contribution >= 0.6 is 11.0 Å². The Kier molecular flexibility index (Phi) is 4.99. The Labute approximate surface area is 147 Å². The van der Waals surface area contributed by atoms with Crippen LogP contribution in [-0.2, 0) is 6.54 Å². The summed E-state index contributed by atoms with van der Waals surface area (Å²) < 4.78 is 52.7. The third-order valence-corrected chi connectivity index (χ3v) is 6.29. The summed E-state index contributed by atoms with van der Waals surface area (Å²) in [6.45, 7) is 2.31. The number of hydrogen-bond acceptors (Lipinski definition) is 5. The smallest absolute Gasteiger partial charge is 0.148 e. The van der Waals surface area contributed by atoms with Crippen LogP contribution in [0.2, 0.25) is 0 Å². The van der Waals surface area contributed by atoms with Crippen molar-refractivity contribution in [3.63, 3.8) is 0 Å². The minimum absolute atomic E-state index is 0.0278. The van der Waals surface area contributed by atoms with Crippen molar-refractivity contribution in [2.24, 2.45) is 5.73 Å². The van der Waals surface area contributed by atoms with E-state index in [-0.39, 0.29) is 18.3 Å². The number of halogens is 2. The molecule has 25 heavy (non-hydrogen) atoms. The third-order valence-electron chi connectivity index (χ3n) is 4.29. The molecular formula is C17H21F2N3O2S. The molecule has 1 atom stereocenters. The second kappa shape index (κ2) is 6.89. The molecule has 2 aromatic carbocycles. The normalized spacial score (nSPS) is 19.4. The lowest BCUT2D eigenvalue weighted by molar-refractivity contribution is 0.273. The van der Waals surface area contributed by atoms with Crippen molar-refractivity contribution >= 4 is 22.3 Å². The molecule has 0 radical (unpaired) electrons. The average molecular weight is 369 g/mol. The van der Waals surface area contributed by atoms with Crippen molar-refractivity contribution in [3.05, 3.63) is 59.7 Å². The molecule has 0 bridgehead atoms. The quantitative estimate of drug-likeness (QED) is 0.752. The highest BCUT2D eigenvalue weighted by Gasteiger charge is 2.41. The van der Waals surface area contributed by atoms with Gasteiger partial charge in [-0.3, -0.25) is 9.11 Å². The Balaban J connectivity index is 2.18. The summed E-state index contributed by atoms with van der Waals surface area (Å²) in [4.78, 5) is 0. The van der Waals surface area contributed by atoms with Gasteiger partial charge in [0.25, 0.3) is 0 Å². The van der Waals surface area contributed by atoms with E-state index in [1.165, 1.54) is 40.7 Å². The number of hydrogen-bond donors (Lipinski definition) is 3. The van der Waals surface area contributed by atoms with Crippen LogP contribution in [0.5, 0.6) is 0 Å². The van der Waals surface area contributed by atoms with Gasteiger partial charge in [0.1, 0.15) is 11.6 Å². The lowest BCUT2D eigenvalue weighted by Crippen LogP contribution is -2.46. The van der Waals surface area contributed by atoms with Gasteiger partial charge in [0.15, 0.2) is 0 Å². The van der Waals surface area contributed by atoms with Gasteiger partial charge in [0, 0.05) is 12.6 Å². The fourth-order valence-electron chi connectivity index (χ4n) is 3.03. The monoisotopic (exact) mass is 369 g/mol. The van der Waals surface area contributed by atoms with Crippen molar-refractivity contribution in [3.8, 4) is 0 Å². The van der Waals surface area contributed by atoms with Gasteiger partial charge in [-0.25, -0.2) is 13.1 Å². The third kappa shape index (κ3) is 3.23. The first-order chi connectivity index (χ1) is 11.9. The first-order valence-electron chi connectivity index (χ1n) is 7.94. The van der Waals surface area contributed by atoms with E-state index in [0.717, 1.165) is 4.31 Å². The number of nitrogens with two attached hydrogens (primary N) is 1. The molecule has 0 aliphatic carbocycles. The molecule has 1 aliphatic heterocycles. The number of nitrogens with zero attached hydrogens (tertiary/aromatic N) is 2. The zero-order valence-corrected chi connectivity index (χ0v) is 14.6. The molecule has 1 aliphatic rings. The van der Waals surface area contributed by atoms with Gasteiger partial charge in [-0.2, -0.15) is 4.31 Å². The van der Waals surface area contributed by atoms with Gasteiger partial charge in [-0.05, 0) is 66.7 Å². The fourth-order valence-corrected chi connectivity index (χ4v) is 5.00. The number of rotatable bonds is 4. The van der Waals surface area contributed by atoms with Gasteiger partial charge in [0.2, 0.25) is 0 Å². The summed E-state index contributed by atoms with van der Waals surface area (Å²) in [6.07, 6.45) is 0.519. The summed E-state index contributed by atoms with van der Waals surface area (Å²) in [7, 11) is -3.54. The standard InChI is InChI=1S/C17H21F2N3O2S/c1-12(8-9-20)21-11-13-10-14(18)6-7-16(13)22(25(21,23)24)17-5-3-2-4-15(17)19/h2-7,10,12,23-24H,8-9,11,20H2,1H3. The zero-order chi connectivity index (χ0) is 18.2. The lowest BCUT2D eigenvalue weighted by Gasteiger charge is -2.55. The molecule has 0 aromatic heterocycles. The highest BCUT2D eigenvalue weighted by Crippen LogP contribution is 2.60. The average Bonchev–Trinajstić information content (AvgIpc) is 2.55. The van der Waals surface area contributed by atoms with Crippen LogP contribution in [0.15, 0.2) is 42.5 Å². The van der Waals surface area contributed by atoms with E-state index in [2.05, 4.69) is 0 Å². The fraction of sp³-hybridized carbons (Fsp3) is 0.294. The van der Waals surface area contributed by atoms with E-state index in [0.29, 0.717) is 24.2 Å². The molecule has 1 unspecified atom stereocenters. The molecular weight excluding hydrogens is 348 g/mol. The second-order valence-electron chi connectivity index (χ2n) is 6.01. The summed E-state index contributed by atoms with van der Waals surface area (Å²) >= 11 is 0. The summed E-state index contributed by atoms with van der Waals surface area (Å²) in [6, 6.07) is 9.57. The maximum absolute atomic E-state index is 14.4. The molecule has 4 N–H and O–H groups in total. The highest BCUT2D eigenvalue weighted by atomic mass is 32.3. The molecule has 2 aromatic rings. The number of para-hydroxylation sites is 1. The SMILES string of the molecule is CC(CCN)N1Cc2cc(F)ccc2N(c2ccccc2F)S1(O)O. The number of fused-ring (bicyclic) bond motifs is 1. The van der Waals surface area contributed by atoms with Crippen LogP contribution in [0, 0.1) is 11.6 Å². The van der Waals surface area contributed by atoms with Crippen LogP contribution in [0.1, 0.15) is 18.9 Å². The summed E-state index contributed by atoms with van der Waals surface area (Å²) in [5.41, 5.74) is 6.56. The van der Waals surface area contributed by atoms with Crippen LogP contribution in [0.3, 0.4) is 0 Å². The van der Waals surface area contributed by atoms with Crippen molar-refractivity contribution in [2.45, 2.75) is 25.9 Å². The van der Waals surface area contributed by atoms with Gasteiger partial charge < -0.3 is 5.73 Å². The van der Waals surface area contributed by atoms with Gasteiger partial charge in [0.05, 0.1) is 11.4 Å². The van der Waals surface area contributed by atoms with E-state index < -0.39 is 22.6 Å².